The standard InChI is InChI=1S/C13H18FN3O5S/c1-17(9-8-16-13(20)15-7-6-12(18)19)23(21,22)11-4-2-10(14)3-5-11/h2-5H,6-9H2,1H3,(H,18,19)(H2,15,16,20). The lowest BCUT2D eigenvalue weighted by Crippen LogP contribution is -2.41. The molecular formula is C13H18FN3O5S. The first-order valence-corrected chi connectivity index (χ1v) is 8.13. The number of carbonyl (C=O) groups excluding carboxylic acids is 1. The molecule has 0 aromatic heterocycles. The third-order valence-corrected chi connectivity index (χ3v) is 4.73. The first kappa shape index (κ1) is 18.8. The Kier molecular flexibility index (Phi) is 6.91. The largest absolute Gasteiger partial charge is 0.481 e. The van der Waals surface area contributed by atoms with Gasteiger partial charge in [0.1, 0.15) is 5.82 Å². The minimum atomic E-state index is -3.76. The molecule has 128 valence electrons. The Morgan fingerprint density at radius 3 is 2.30 bits per heavy atom. The molecule has 0 aliphatic carbocycles. The summed E-state index contributed by atoms with van der Waals surface area (Å²) in [6.45, 7) is 0.0206. The van der Waals surface area contributed by atoms with E-state index < -0.39 is 27.8 Å². The van der Waals surface area contributed by atoms with Crippen molar-refractivity contribution in [3.8, 4) is 0 Å². The molecule has 0 heterocycles. The van der Waals surface area contributed by atoms with Gasteiger partial charge in [0, 0.05) is 26.7 Å². The van der Waals surface area contributed by atoms with Gasteiger partial charge in [-0.2, -0.15) is 4.31 Å². The molecule has 8 nitrogen and oxygen atoms in total. The zero-order valence-corrected chi connectivity index (χ0v) is 13.3. The van der Waals surface area contributed by atoms with Gasteiger partial charge < -0.3 is 15.7 Å². The number of benzene rings is 1. The molecule has 0 fully saturated rings. The Morgan fingerprint density at radius 1 is 1.17 bits per heavy atom. The second kappa shape index (κ2) is 8.44. The van der Waals surface area contributed by atoms with E-state index in [1.807, 2.05) is 0 Å². The molecule has 0 bridgehead atoms. The number of aliphatic carboxylic acids is 1. The van der Waals surface area contributed by atoms with E-state index in [0.717, 1.165) is 28.6 Å². The molecular weight excluding hydrogens is 329 g/mol. The van der Waals surface area contributed by atoms with E-state index in [1.165, 1.54) is 7.05 Å². The lowest BCUT2D eigenvalue weighted by Gasteiger charge is -2.17. The SMILES string of the molecule is CN(CCNC(=O)NCCC(=O)O)S(=O)(=O)c1ccc(F)cc1. The summed E-state index contributed by atoms with van der Waals surface area (Å²) in [6.07, 6.45) is -0.202. The van der Waals surface area contributed by atoms with Crippen molar-refractivity contribution < 1.29 is 27.5 Å². The Labute approximate surface area is 133 Å². The number of hydrogen-bond acceptors (Lipinski definition) is 4. The van der Waals surface area contributed by atoms with Gasteiger partial charge in [-0.15, -0.1) is 0 Å². The number of nitrogens with one attached hydrogen (secondary N) is 2. The van der Waals surface area contributed by atoms with E-state index in [4.69, 9.17) is 5.11 Å². The smallest absolute Gasteiger partial charge is 0.314 e. The Hall–Kier alpha value is -2.20. The topological polar surface area (TPSA) is 116 Å². The first-order valence-electron chi connectivity index (χ1n) is 6.69. The van der Waals surface area contributed by atoms with E-state index in [2.05, 4.69) is 10.6 Å². The van der Waals surface area contributed by atoms with Gasteiger partial charge in [-0.3, -0.25) is 4.79 Å². The number of halogens is 1. The fourth-order valence-corrected chi connectivity index (χ4v) is 2.75. The van der Waals surface area contributed by atoms with Crippen molar-refractivity contribution in [2.45, 2.75) is 11.3 Å². The van der Waals surface area contributed by atoms with Crippen LogP contribution >= 0.6 is 0 Å². The lowest BCUT2D eigenvalue weighted by atomic mass is 10.4. The van der Waals surface area contributed by atoms with Crippen LogP contribution in [0, 0.1) is 5.82 Å². The number of likely N-dealkylation sites (N-methyl/N-ethyl adjacent to an activating group) is 1. The Morgan fingerprint density at radius 2 is 1.74 bits per heavy atom. The van der Waals surface area contributed by atoms with E-state index in [1.54, 1.807) is 0 Å². The number of sulfonamides is 1. The van der Waals surface area contributed by atoms with Gasteiger partial charge in [0.2, 0.25) is 10.0 Å². The van der Waals surface area contributed by atoms with Gasteiger partial charge in [0.05, 0.1) is 11.3 Å². The molecule has 0 saturated carbocycles. The van der Waals surface area contributed by atoms with Crippen LogP contribution in [0.4, 0.5) is 9.18 Å². The molecule has 0 unspecified atom stereocenters. The highest BCUT2D eigenvalue weighted by Crippen LogP contribution is 2.14. The molecule has 23 heavy (non-hydrogen) atoms. The molecule has 0 saturated heterocycles. The summed E-state index contributed by atoms with van der Waals surface area (Å²) in [6, 6.07) is 3.84. The summed E-state index contributed by atoms with van der Waals surface area (Å²) in [5.74, 6) is -1.57. The quantitative estimate of drug-likeness (QED) is 0.622. The third-order valence-electron chi connectivity index (χ3n) is 2.86. The predicted molar refractivity (Wildman–Crippen MR) is 79.9 cm³/mol. The molecule has 0 spiro atoms. The van der Waals surface area contributed by atoms with Crippen LogP contribution < -0.4 is 10.6 Å². The molecule has 1 rings (SSSR count). The van der Waals surface area contributed by atoms with Crippen molar-refractivity contribution in [1.29, 1.82) is 0 Å². The van der Waals surface area contributed by atoms with Gasteiger partial charge >= 0.3 is 12.0 Å². The van der Waals surface area contributed by atoms with Crippen LogP contribution in [0.2, 0.25) is 0 Å². The lowest BCUT2D eigenvalue weighted by molar-refractivity contribution is -0.136. The second-order valence-corrected chi connectivity index (χ2v) is 6.65. The highest BCUT2D eigenvalue weighted by atomic mass is 32.2. The van der Waals surface area contributed by atoms with Crippen molar-refractivity contribution >= 4 is 22.0 Å². The molecule has 0 atom stereocenters. The molecule has 1 aromatic carbocycles. The van der Waals surface area contributed by atoms with Crippen molar-refractivity contribution in [3.05, 3.63) is 30.1 Å². The maximum atomic E-state index is 12.8. The predicted octanol–water partition coefficient (Wildman–Crippen LogP) is 0.220. The highest BCUT2D eigenvalue weighted by Gasteiger charge is 2.20. The summed E-state index contributed by atoms with van der Waals surface area (Å²) < 4.78 is 38.2. The minimum absolute atomic E-state index is 0.00601. The van der Waals surface area contributed by atoms with Gasteiger partial charge in [0.25, 0.3) is 0 Å². The molecule has 2 amide bonds. The van der Waals surface area contributed by atoms with E-state index in [9.17, 15) is 22.4 Å². The van der Waals surface area contributed by atoms with Gasteiger partial charge in [-0.25, -0.2) is 17.6 Å². The van der Waals surface area contributed by atoms with Crippen LogP contribution in [0.25, 0.3) is 0 Å². The number of amides is 2. The third kappa shape index (κ3) is 6.20. The van der Waals surface area contributed by atoms with Crippen molar-refractivity contribution in [1.82, 2.24) is 14.9 Å². The van der Waals surface area contributed by atoms with Crippen LogP contribution in [0.1, 0.15) is 6.42 Å². The molecule has 0 aliphatic heterocycles. The fourth-order valence-electron chi connectivity index (χ4n) is 1.58. The molecule has 0 aliphatic rings. The number of hydrogen-bond donors (Lipinski definition) is 3. The summed E-state index contributed by atoms with van der Waals surface area (Å²) in [4.78, 5) is 21.6. The van der Waals surface area contributed by atoms with Crippen molar-refractivity contribution in [2.75, 3.05) is 26.7 Å². The number of carboxylic acid groups (broad SMARTS) is 1. The fraction of sp³-hybridized carbons (Fsp3) is 0.385. The van der Waals surface area contributed by atoms with Crippen LogP contribution in [-0.2, 0) is 14.8 Å². The molecule has 1 aromatic rings. The van der Waals surface area contributed by atoms with Crippen LogP contribution in [0.15, 0.2) is 29.2 Å². The van der Waals surface area contributed by atoms with Crippen LogP contribution in [0.5, 0.6) is 0 Å². The maximum absolute atomic E-state index is 12.8. The summed E-state index contributed by atoms with van der Waals surface area (Å²) >= 11 is 0. The number of carbonyl (C=O) groups is 2. The van der Waals surface area contributed by atoms with Gasteiger partial charge in [-0.1, -0.05) is 0 Å². The van der Waals surface area contributed by atoms with Crippen molar-refractivity contribution in [2.24, 2.45) is 0 Å². The van der Waals surface area contributed by atoms with Crippen LogP contribution in [-0.4, -0.2) is 56.5 Å². The zero-order valence-electron chi connectivity index (χ0n) is 12.5. The van der Waals surface area contributed by atoms with Crippen molar-refractivity contribution in [3.63, 3.8) is 0 Å². The second-order valence-electron chi connectivity index (χ2n) is 4.61. The molecule has 0 radical (unpaired) electrons. The number of urea groups is 1. The Bertz CT molecular complexity index is 648. The number of rotatable bonds is 8. The molecule has 10 heteroatoms. The maximum Gasteiger partial charge on any atom is 0.314 e. The average molecular weight is 347 g/mol. The number of carboxylic acids is 1. The minimum Gasteiger partial charge on any atom is -0.481 e. The monoisotopic (exact) mass is 347 g/mol. The molecule has 3 N–H and O–H groups in total. The van der Waals surface area contributed by atoms with Crippen LogP contribution in [0.3, 0.4) is 0 Å². The summed E-state index contributed by atoms with van der Waals surface area (Å²) in [5.41, 5.74) is 0. The van der Waals surface area contributed by atoms with E-state index in [-0.39, 0.29) is 31.0 Å². The summed E-state index contributed by atoms with van der Waals surface area (Å²) in [7, 11) is -2.43. The number of nitrogens with zero attached hydrogens (tertiary/aromatic N) is 1. The van der Waals surface area contributed by atoms with E-state index >= 15 is 0 Å². The first-order chi connectivity index (χ1) is 10.7. The normalized spacial score (nSPS) is 11.3. The average Bonchev–Trinajstić information content (AvgIpc) is 2.47. The van der Waals surface area contributed by atoms with Gasteiger partial charge in [0.15, 0.2) is 0 Å². The zero-order chi connectivity index (χ0) is 17.5. The van der Waals surface area contributed by atoms with Gasteiger partial charge in [-0.05, 0) is 24.3 Å². The summed E-state index contributed by atoms with van der Waals surface area (Å²) in [5, 5.41) is 13.2. The van der Waals surface area contributed by atoms with E-state index in [0.29, 0.717) is 0 Å². The Balaban J connectivity index is 2.43. The highest BCUT2D eigenvalue weighted by molar-refractivity contribution is 7.89.